The maximum Gasteiger partial charge on any atom is 0.326 e. The van der Waals surface area contributed by atoms with E-state index >= 15 is 0 Å². The summed E-state index contributed by atoms with van der Waals surface area (Å²) in [5.74, 6) is -0.764. The van der Waals surface area contributed by atoms with Crippen LogP contribution in [0, 0.1) is 5.92 Å². The first-order valence-corrected chi connectivity index (χ1v) is 5.41. The van der Waals surface area contributed by atoms with E-state index in [4.69, 9.17) is 9.52 Å². The first-order chi connectivity index (χ1) is 8.16. The lowest BCUT2D eigenvalue weighted by atomic mass is 10.2. The molecule has 1 heterocycles. The molecule has 2 rings (SSSR count). The largest absolute Gasteiger partial charge is 0.480 e. The molecule has 1 aromatic heterocycles. The van der Waals surface area contributed by atoms with E-state index in [1.54, 1.807) is 12.1 Å². The van der Waals surface area contributed by atoms with Gasteiger partial charge in [-0.3, -0.25) is 4.79 Å². The van der Waals surface area contributed by atoms with Crippen molar-refractivity contribution in [3.05, 3.63) is 30.2 Å². The molecular formula is C12H13NO4. The van der Waals surface area contributed by atoms with Gasteiger partial charge in [0.05, 0.1) is 6.26 Å². The van der Waals surface area contributed by atoms with Gasteiger partial charge in [0, 0.05) is 6.08 Å². The van der Waals surface area contributed by atoms with Gasteiger partial charge < -0.3 is 14.8 Å². The van der Waals surface area contributed by atoms with Crippen LogP contribution in [0.4, 0.5) is 0 Å². The van der Waals surface area contributed by atoms with Crippen LogP contribution in [0.5, 0.6) is 0 Å². The quantitative estimate of drug-likeness (QED) is 0.753. The number of aliphatic carboxylic acids is 1. The van der Waals surface area contributed by atoms with Crippen LogP contribution in [0.1, 0.15) is 18.6 Å². The third kappa shape index (κ3) is 3.21. The number of carboxylic acids is 1. The van der Waals surface area contributed by atoms with Gasteiger partial charge in [-0.15, -0.1) is 0 Å². The number of hydrogen-bond donors (Lipinski definition) is 2. The maximum absolute atomic E-state index is 11.5. The van der Waals surface area contributed by atoms with Gasteiger partial charge in [0.1, 0.15) is 11.8 Å². The second-order valence-electron chi connectivity index (χ2n) is 4.01. The molecule has 90 valence electrons. The monoisotopic (exact) mass is 235 g/mol. The van der Waals surface area contributed by atoms with Crippen LogP contribution in [-0.2, 0) is 9.59 Å². The Kier molecular flexibility index (Phi) is 3.27. The summed E-state index contributed by atoms with van der Waals surface area (Å²) in [6.45, 7) is 0. The molecule has 5 nitrogen and oxygen atoms in total. The molecule has 1 aliphatic carbocycles. The molecule has 2 N–H and O–H groups in total. The van der Waals surface area contributed by atoms with E-state index in [2.05, 4.69) is 5.32 Å². The minimum atomic E-state index is -0.979. The summed E-state index contributed by atoms with van der Waals surface area (Å²) in [6.07, 6.45) is 6.00. The molecule has 5 heteroatoms. The predicted octanol–water partition coefficient (Wildman–Crippen LogP) is 1.27. The van der Waals surface area contributed by atoms with Crippen molar-refractivity contribution in [3.8, 4) is 0 Å². The van der Waals surface area contributed by atoms with E-state index in [0.29, 0.717) is 5.76 Å². The summed E-state index contributed by atoms with van der Waals surface area (Å²) < 4.78 is 5.01. The molecule has 1 aliphatic rings. The highest BCUT2D eigenvalue weighted by molar-refractivity contribution is 5.94. The summed E-state index contributed by atoms with van der Waals surface area (Å²) in [6, 6.07) is 2.64. The third-order valence-corrected chi connectivity index (χ3v) is 2.60. The lowest BCUT2D eigenvalue weighted by Gasteiger charge is -2.11. The van der Waals surface area contributed by atoms with Crippen molar-refractivity contribution in [1.82, 2.24) is 5.32 Å². The van der Waals surface area contributed by atoms with Crippen LogP contribution < -0.4 is 5.32 Å². The summed E-state index contributed by atoms with van der Waals surface area (Å²) >= 11 is 0. The van der Waals surface area contributed by atoms with Gasteiger partial charge in [0.2, 0.25) is 5.91 Å². The van der Waals surface area contributed by atoms with Gasteiger partial charge in [0.25, 0.3) is 0 Å². The number of hydrogen-bond acceptors (Lipinski definition) is 3. The van der Waals surface area contributed by atoms with Crippen LogP contribution >= 0.6 is 0 Å². The average molecular weight is 235 g/mol. The van der Waals surface area contributed by atoms with Crippen molar-refractivity contribution >= 4 is 18.0 Å². The predicted molar refractivity (Wildman–Crippen MR) is 60.0 cm³/mol. The highest BCUT2D eigenvalue weighted by Gasteiger charge is 2.36. The maximum atomic E-state index is 11.5. The van der Waals surface area contributed by atoms with Crippen molar-refractivity contribution in [2.24, 2.45) is 5.92 Å². The fourth-order valence-corrected chi connectivity index (χ4v) is 1.56. The molecule has 0 bridgehead atoms. The molecule has 0 radical (unpaired) electrons. The first kappa shape index (κ1) is 11.4. The van der Waals surface area contributed by atoms with E-state index in [1.807, 2.05) is 0 Å². The highest BCUT2D eigenvalue weighted by atomic mass is 16.4. The summed E-state index contributed by atoms with van der Waals surface area (Å²) in [5, 5.41) is 11.4. The minimum absolute atomic E-state index is 0.0773. The minimum Gasteiger partial charge on any atom is -0.480 e. The fraction of sp³-hybridized carbons (Fsp3) is 0.333. The zero-order valence-corrected chi connectivity index (χ0v) is 9.13. The van der Waals surface area contributed by atoms with Gasteiger partial charge in [-0.1, -0.05) is 0 Å². The first-order valence-electron chi connectivity index (χ1n) is 5.41. The molecular weight excluding hydrogens is 222 g/mol. The van der Waals surface area contributed by atoms with E-state index in [9.17, 15) is 9.59 Å². The van der Waals surface area contributed by atoms with E-state index < -0.39 is 17.9 Å². The molecule has 17 heavy (non-hydrogen) atoms. The smallest absolute Gasteiger partial charge is 0.326 e. The van der Waals surface area contributed by atoms with Gasteiger partial charge in [-0.2, -0.15) is 0 Å². The number of carbonyl (C=O) groups excluding carboxylic acids is 1. The molecule has 1 atom stereocenters. The molecule has 1 saturated carbocycles. The number of rotatable bonds is 5. The fourth-order valence-electron chi connectivity index (χ4n) is 1.56. The number of nitrogens with one attached hydrogen (secondary N) is 1. The summed E-state index contributed by atoms with van der Waals surface area (Å²) in [4.78, 5) is 22.4. The second-order valence-corrected chi connectivity index (χ2v) is 4.01. The van der Waals surface area contributed by atoms with Crippen molar-refractivity contribution in [2.75, 3.05) is 0 Å². The van der Waals surface area contributed by atoms with E-state index in [0.717, 1.165) is 12.8 Å². The van der Waals surface area contributed by atoms with Crippen molar-refractivity contribution in [3.63, 3.8) is 0 Å². The number of carboxylic acid groups (broad SMARTS) is 1. The lowest BCUT2D eigenvalue weighted by molar-refractivity contribution is -0.141. The van der Waals surface area contributed by atoms with Crippen LogP contribution in [-0.4, -0.2) is 23.0 Å². The second kappa shape index (κ2) is 4.86. The Morgan fingerprint density at radius 3 is 2.82 bits per heavy atom. The van der Waals surface area contributed by atoms with E-state index in [-0.39, 0.29) is 5.92 Å². The lowest BCUT2D eigenvalue weighted by Crippen LogP contribution is -2.41. The Bertz CT molecular complexity index is 431. The Morgan fingerprint density at radius 2 is 2.29 bits per heavy atom. The molecule has 0 spiro atoms. The standard InChI is InChI=1S/C12H13NO4/c14-10(6-5-9-2-1-7-17-9)13-11(12(15)16)8-3-4-8/h1-2,5-8,11H,3-4H2,(H,13,14)(H,15,16). The van der Waals surface area contributed by atoms with Gasteiger partial charge >= 0.3 is 5.97 Å². The normalized spacial score (nSPS) is 16.9. The Labute approximate surface area is 98.1 Å². The van der Waals surface area contributed by atoms with Crippen molar-refractivity contribution < 1.29 is 19.1 Å². The Hall–Kier alpha value is -2.04. The van der Waals surface area contributed by atoms with Crippen LogP contribution in [0.25, 0.3) is 6.08 Å². The SMILES string of the molecule is O=C(C=Cc1ccco1)NC(C(=O)O)C1CC1. The molecule has 1 aromatic rings. The van der Waals surface area contributed by atoms with Gasteiger partial charge in [-0.25, -0.2) is 4.79 Å². The van der Waals surface area contributed by atoms with Crippen LogP contribution in [0.3, 0.4) is 0 Å². The zero-order valence-electron chi connectivity index (χ0n) is 9.13. The topological polar surface area (TPSA) is 79.5 Å². The molecule has 1 unspecified atom stereocenters. The molecule has 1 amide bonds. The summed E-state index contributed by atoms with van der Waals surface area (Å²) in [7, 11) is 0. The highest BCUT2D eigenvalue weighted by Crippen LogP contribution is 2.32. The number of amides is 1. The zero-order chi connectivity index (χ0) is 12.3. The van der Waals surface area contributed by atoms with Crippen LogP contribution in [0.2, 0.25) is 0 Å². The van der Waals surface area contributed by atoms with Crippen molar-refractivity contribution in [2.45, 2.75) is 18.9 Å². The molecule has 1 fully saturated rings. The van der Waals surface area contributed by atoms with Crippen molar-refractivity contribution in [1.29, 1.82) is 0 Å². The summed E-state index contributed by atoms with van der Waals surface area (Å²) in [5.41, 5.74) is 0. The Balaban J connectivity index is 1.89. The Morgan fingerprint density at radius 1 is 1.53 bits per heavy atom. The molecule has 0 saturated heterocycles. The third-order valence-electron chi connectivity index (χ3n) is 2.60. The number of carbonyl (C=O) groups is 2. The van der Waals surface area contributed by atoms with Gasteiger partial charge in [0.15, 0.2) is 0 Å². The van der Waals surface area contributed by atoms with Crippen LogP contribution in [0.15, 0.2) is 28.9 Å². The van der Waals surface area contributed by atoms with Gasteiger partial charge in [-0.05, 0) is 37.0 Å². The van der Waals surface area contributed by atoms with E-state index in [1.165, 1.54) is 18.4 Å². The molecule has 0 aromatic carbocycles. The number of furan rings is 1. The average Bonchev–Trinajstić information content (AvgIpc) is 2.99. The molecule has 0 aliphatic heterocycles.